The van der Waals surface area contributed by atoms with E-state index in [2.05, 4.69) is 6.07 Å². The van der Waals surface area contributed by atoms with Gasteiger partial charge in [0.2, 0.25) is 0 Å². The molecule has 20 heavy (non-hydrogen) atoms. The maximum absolute atomic E-state index is 13.9. The Labute approximate surface area is 123 Å². The normalized spacial score (nSPS) is 12.3. The fourth-order valence-electron chi connectivity index (χ4n) is 2.01. The Morgan fingerprint density at radius 3 is 2.85 bits per heavy atom. The van der Waals surface area contributed by atoms with Gasteiger partial charge in [0.05, 0.1) is 6.61 Å². The van der Waals surface area contributed by atoms with Gasteiger partial charge < -0.3 is 10.5 Å². The summed E-state index contributed by atoms with van der Waals surface area (Å²) in [6.07, 6.45) is 2.30. The van der Waals surface area contributed by atoms with Gasteiger partial charge >= 0.3 is 0 Å². The van der Waals surface area contributed by atoms with Crippen LogP contribution in [0.25, 0.3) is 0 Å². The second kappa shape index (κ2) is 7.41. The molecule has 1 unspecified atom stereocenters. The summed E-state index contributed by atoms with van der Waals surface area (Å²) in [4.78, 5) is 1.24. The molecule has 0 radical (unpaired) electrons. The Morgan fingerprint density at radius 2 is 2.15 bits per heavy atom. The van der Waals surface area contributed by atoms with E-state index in [-0.39, 0.29) is 11.9 Å². The largest absolute Gasteiger partial charge is 0.490 e. The van der Waals surface area contributed by atoms with Crippen LogP contribution in [0, 0.1) is 5.82 Å². The molecule has 0 aliphatic carbocycles. The molecule has 4 heteroatoms. The molecule has 2 rings (SSSR count). The number of benzene rings is 1. The van der Waals surface area contributed by atoms with Crippen LogP contribution in [-0.2, 0) is 12.8 Å². The third kappa shape index (κ3) is 4.05. The van der Waals surface area contributed by atoms with E-state index in [1.165, 1.54) is 10.9 Å². The van der Waals surface area contributed by atoms with Crippen LogP contribution in [0.4, 0.5) is 4.39 Å². The van der Waals surface area contributed by atoms with Crippen molar-refractivity contribution in [3.8, 4) is 5.75 Å². The van der Waals surface area contributed by atoms with Crippen LogP contribution >= 0.6 is 11.3 Å². The summed E-state index contributed by atoms with van der Waals surface area (Å²) >= 11 is 1.69. The summed E-state index contributed by atoms with van der Waals surface area (Å²) in [5.74, 6) is 0.0462. The van der Waals surface area contributed by atoms with E-state index < -0.39 is 0 Å². The van der Waals surface area contributed by atoms with Crippen molar-refractivity contribution in [2.45, 2.75) is 32.2 Å². The highest BCUT2D eigenvalue weighted by Crippen LogP contribution is 2.24. The third-order valence-corrected chi connectivity index (χ3v) is 4.17. The van der Waals surface area contributed by atoms with Crippen molar-refractivity contribution in [2.24, 2.45) is 5.73 Å². The minimum absolute atomic E-state index is 0.0384. The SMILES string of the molecule is CCC(N)Cc1cccc(F)c1OCCc1cccs1. The number of hydrogen-bond donors (Lipinski definition) is 1. The van der Waals surface area contributed by atoms with Crippen LogP contribution in [-0.4, -0.2) is 12.6 Å². The lowest BCUT2D eigenvalue weighted by Gasteiger charge is -2.15. The van der Waals surface area contributed by atoms with E-state index >= 15 is 0 Å². The zero-order chi connectivity index (χ0) is 14.4. The first-order valence-electron chi connectivity index (χ1n) is 6.89. The van der Waals surface area contributed by atoms with Crippen LogP contribution in [0.15, 0.2) is 35.7 Å². The van der Waals surface area contributed by atoms with Gasteiger partial charge in [0.1, 0.15) is 0 Å². The Balaban J connectivity index is 2.01. The summed E-state index contributed by atoms with van der Waals surface area (Å²) in [5.41, 5.74) is 6.81. The van der Waals surface area contributed by atoms with Crippen molar-refractivity contribution >= 4 is 11.3 Å². The van der Waals surface area contributed by atoms with Gasteiger partial charge in [0, 0.05) is 17.3 Å². The second-order valence-electron chi connectivity index (χ2n) is 4.78. The molecule has 0 bridgehead atoms. The quantitative estimate of drug-likeness (QED) is 0.843. The molecule has 0 fully saturated rings. The van der Waals surface area contributed by atoms with Gasteiger partial charge in [-0.05, 0) is 35.9 Å². The standard InChI is InChI=1S/C16H20FNOS/c1-2-13(18)11-12-5-3-7-15(17)16(12)19-9-8-14-6-4-10-20-14/h3-7,10,13H,2,8-9,11,18H2,1H3. The smallest absolute Gasteiger partial charge is 0.165 e. The van der Waals surface area contributed by atoms with Gasteiger partial charge in [-0.2, -0.15) is 0 Å². The highest BCUT2D eigenvalue weighted by atomic mass is 32.1. The van der Waals surface area contributed by atoms with Gasteiger partial charge in [0.25, 0.3) is 0 Å². The monoisotopic (exact) mass is 293 g/mol. The lowest BCUT2D eigenvalue weighted by Crippen LogP contribution is -2.22. The first-order valence-corrected chi connectivity index (χ1v) is 7.76. The van der Waals surface area contributed by atoms with Gasteiger partial charge in [-0.15, -0.1) is 11.3 Å². The number of halogens is 1. The van der Waals surface area contributed by atoms with Gasteiger partial charge in [-0.25, -0.2) is 4.39 Å². The first-order chi connectivity index (χ1) is 9.70. The van der Waals surface area contributed by atoms with E-state index in [1.54, 1.807) is 17.4 Å². The maximum atomic E-state index is 13.9. The predicted molar refractivity (Wildman–Crippen MR) is 81.9 cm³/mol. The van der Waals surface area contributed by atoms with E-state index in [0.717, 1.165) is 18.4 Å². The van der Waals surface area contributed by atoms with E-state index in [1.807, 2.05) is 24.4 Å². The fourth-order valence-corrected chi connectivity index (χ4v) is 2.70. The molecule has 2 N–H and O–H groups in total. The number of para-hydroxylation sites is 1. The van der Waals surface area contributed by atoms with Crippen molar-refractivity contribution in [2.75, 3.05) is 6.61 Å². The summed E-state index contributed by atoms with van der Waals surface area (Å²) in [6.45, 7) is 2.51. The van der Waals surface area contributed by atoms with Crippen molar-refractivity contribution in [3.63, 3.8) is 0 Å². The molecule has 0 aliphatic rings. The molecule has 2 aromatic rings. The van der Waals surface area contributed by atoms with E-state index in [0.29, 0.717) is 18.8 Å². The average Bonchev–Trinajstić information content (AvgIpc) is 2.95. The zero-order valence-electron chi connectivity index (χ0n) is 11.6. The molecular formula is C16H20FNOS. The molecule has 1 atom stereocenters. The lowest BCUT2D eigenvalue weighted by atomic mass is 10.0. The lowest BCUT2D eigenvalue weighted by molar-refractivity contribution is 0.302. The Bertz CT molecular complexity index is 527. The topological polar surface area (TPSA) is 35.2 Å². The van der Waals surface area contributed by atoms with E-state index in [4.69, 9.17) is 10.5 Å². The summed E-state index contributed by atoms with van der Waals surface area (Å²) in [5, 5.41) is 2.03. The number of rotatable bonds is 7. The molecule has 0 spiro atoms. The van der Waals surface area contributed by atoms with Crippen molar-refractivity contribution in [3.05, 3.63) is 52.0 Å². The van der Waals surface area contributed by atoms with Crippen molar-refractivity contribution < 1.29 is 9.13 Å². The molecule has 0 saturated heterocycles. The fraction of sp³-hybridized carbons (Fsp3) is 0.375. The predicted octanol–water partition coefficient (Wildman–Crippen LogP) is 3.79. The zero-order valence-corrected chi connectivity index (χ0v) is 12.5. The molecule has 1 heterocycles. The molecular weight excluding hydrogens is 273 g/mol. The molecule has 0 amide bonds. The Kier molecular flexibility index (Phi) is 5.56. The van der Waals surface area contributed by atoms with Crippen molar-refractivity contribution in [1.29, 1.82) is 0 Å². The number of nitrogens with two attached hydrogens (primary N) is 1. The molecule has 1 aromatic carbocycles. The minimum atomic E-state index is -0.308. The molecule has 0 saturated carbocycles. The van der Waals surface area contributed by atoms with Gasteiger partial charge in [0.15, 0.2) is 11.6 Å². The molecule has 0 aliphatic heterocycles. The maximum Gasteiger partial charge on any atom is 0.165 e. The summed E-state index contributed by atoms with van der Waals surface area (Å²) in [6, 6.07) is 9.13. The molecule has 2 nitrogen and oxygen atoms in total. The summed E-state index contributed by atoms with van der Waals surface area (Å²) < 4.78 is 19.6. The highest BCUT2D eigenvalue weighted by molar-refractivity contribution is 7.09. The van der Waals surface area contributed by atoms with Gasteiger partial charge in [-0.1, -0.05) is 25.1 Å². The molecule has 1 aromatic heterocycles. The molecule has 108 valence electrons. The number of ether oxygens (including phenoxy) is 1. The second-order valence-corrected chi connectivity index (χ2v) is 5.81. The van der Waals surface area contributed by atoms with Crippen LogP contribution < -0.4 is 10.5 Å². The third-order valence-electron chi connectivity index (χ3n) is 3.23. The number of hydrogen-bond acceptors (Lipinski definition) is 3. The van der Waals surface area contributed by atoms with Crippen LogP contribution in [0.5, 0.6) is 5.75 Å². The average molecular weight is 293 g/mol. The van der Waals surface area contributed by atoms with Crippen LogP contribution in [0.2, 0.25) is 0 Å². The number of thiophene rings is 1. The Morgan fingerprint density at radius 1 is 1.30 bits per heavy atom. The van der Waals surface area contributed by atoms with Gasteiger partial charge in [-0.3, -0.25) is 0 Å². The first kappa shape index (κ1) is 15.0. The Hall–Kier alpha value is -1.39. The van der Waals surface area contributed by atoms with Crippen molar-refractivity contribution in [1.82, 2.24) is 0 Å². The van der Waals surface area contributed by atoms with E-state index in [9.17, 15) is 4.39 Å². The summed E-state index contributed by atoms with van der Waals surface area (Å²) in [7, 11) is 0. The van der Waals surface area contributed by atoms with Crippen LogP contribution in [0.3, 0.4) is 0 Å². The van der Waals surface area contributed by atoms with Crippen LogP contribution in [0.1, 0.15) is 23.8 Å². The highest BCUT2D eigenvalue weighted by Gasteiger charge is 2.12. The minimum Gasteiger partial charge on any atom is -0.490 e.